The van der Waals surface area contributed by atoms with Crippen LogP contribution in [0.4, 0.5) is 10.1 Å². The van der Waals surface area contributed by atoms with Crippen LogP contribution in [0.1, 0.15) is 12.5 Å². The summed E-state index contributed by atoms with van der Waals surface area (Å²) in [7, 11) is 0. The molecule has 1 aromatic carbocycles. The number of piperazine rings is 1. The van der Waals surface area contributed by atoms with Crippen LogP contribution in [0.5, 0.6) is 0 Å². The van der Waals surface area contributed by atoms with Gasteiger partial charge in [-0.05, 0) is 24.6 Å². The number of nitrogens with zero attached hydrogens (tertiary/aromatic N) is 1. The summed E-state index contributed by atoms with van der Waals surface area (Å²) in [5.41, 5.74) is 1.03. The van der Waals surface area contributed by atoms with E-state index in [9.17, 15) is 14.0 Å². The van der Waals surface area contributed by atoms with Gasteiger partial charge in [-0.1, -0.05) is 6.07 Å². The molecule has 0 bridgehead atoms. The zero-order chi connectivity index (χ0) is 15.4. The number of anilines is 1. The van der Waals surface area contributed by atoms with Crippen molar-refractivity contribution in [1.29, 1.82) is 0 Å². The lowest BCUT2D eigenvalue weighted by molar-refractivity contribution is -0.895. The fourth-order valence-electron chi connectivity index (χ4n) is 2.42. The van der Waals surface area contributed by atoms with Crippen molar-refractivity contribution in [3.8, 4) is 0 Å². The van der Waals surface area contributed by atoms with Gasteiger partial charge in [0.25, 0.3) is 5.91 Å². The van der Waals surface area contributed by atoms with E-state index in [1.54, 1.807) is 30.9 Å². The number of aryl methyl sites for hydroxylation is 1. The summed E-state index contributed by atoms with van der Waals surface area (Å²) in [6.07, 6.45) is 0. The van der Waals surface area contributed by atoms with Crippen LogP contribution < -0.4 is 10.2 Å². The second kappa shape index (κ2) is 6.67. The third-order valence-corrected chi connectivity index (χ3v) is 3.78. The molecule has 2 rings (SSSR count). The lowest BCUT2D eigenvalue weighted by atomic mass is 10.2. The van der Waals surface area contributed by atoms with Crippen molar-refractivity contribution < 1.29 is 18.9 Å². The number of amides is 2. The predicted molar refractivity (Wildman–Crippen MR) is 77.6 cm³/mol. The van der Waals surface area contributed by atoms with Crippen LogP contribution in [-0.2, 0) is 9.59 Å². The van der Waals surface area contributed by atoms with Crippen LogP contribution in [0, 0.1) is 12.7 Å². The quantitative estimate of drug-likeness (QED) is 0.812. The Morgan fingerprint density at radius 2 is 2.00 bits per heavy atom. The van der Waals surface area contributed by atoms with Gasteiger partial charge in [0.2, 0.25) is 5.91 Å². The first-order chi connectivity index (χ1) is 9.95. The van der Waals surface area contributed by atoms with Crippen LogP contribution >= 0.6 is 0 Å². The van der Waals surface area contributed by atoms with E-state index in [0.29, 0.717) is 30.9 Å². The third kappa shape index (κ3) is 4.26. The van der Waals surface area contributed by atoms with Crippen molar-refractivity contribution in [3.05, 3.63) is 29.6 Å². The van der Waals surface area contributed by atoms with Gasteiger partial charge in [-0.25, -0.2) is 4.39 Å². The van der Waals surface area contributed by atoms with E-state index in [1.807, 2.05) is 0 Å². The van der Waals surface area contributed by atoms with E-state index in [0.717, 1.165) is 18.0 Å². The van der Waals surface area contributed by atoms with Crippen LogP contribution in [0.15, 0.2) is 18.2 Å². The molecule has 2 N–H and O–H groups in total. The Morgan fingerprint density at radius 1 is 1.33 bits per heavy atom. The summed E-state index contributed by atoms with van der Waals surface area (Å²) in [5.74, 6) is -0.381. The van der Waals surface area contributed by atoms with Crippen LogP contribution in [0.2, 0.25) is 0 Å². The lowest BCUT2D eigenvalue weighted by Crippen LogP contribution is -3.15. The summed E-state index contributed by atoms with van der Waals surface area (Å²) in [6.45, 7) is 6.45. The molecule has 6 heteroatoms. The normalized spacial score (nSPS) is 15.9. The maximum absolute atomic E-state index is 13.4. The van der Waals surface area contributed by atoms with Crippen molar-refractivity contribution >= 4 is 17.5 Å². The second-order valence-corrected chi connectivity index (χ2v) is 5.44. The molecule has 2 amide bonds. The molecule has 0 spiro atoms. The molecule has 1 saturated heterocycles. The maximum atomic E-state index is 13.4. The highest BCUT2D eigenvalue weighted by Gasteiger charge is 2.23. The maximum Gasteiger partial charge on any atom is 0.279 e. The van der Waals surface area contributed by atoms with Gasteiger partial charge >= 0.3 is 0 Å². The fourth-order valence-corrected chi connectivity index (χ4v) is 2.42. The topological polar surface area (TPSA) is 53.9 Å². The van der Waals surface area contributed by atoms with Gasteiger partial charge < -0.3 is 15.1 Å². The molecule has 0 radical (unpaired) electrons. The zero-order valence-corrected chi connectivity index (χ0v) is 12.4. The third-order valence-electron chi connectivity index (χ3n) is 3.78. The minimum Gasteiger partial charge on any atom is -0.332 e. The molecule has 0 unspecified atom stereocenters. The Balaban J connectivity index is 1.82. The van der Waals surface area contributed by atoms with Crippen molar-refractivity contribution in [2.75, 3.05) is 38.0 Å². The van der Waals surface area contributed by atoms with E-state index in [4.69, 9.17) is 0 Å². The van der Waals surface area contributed by atoms with Crippen LogP contribution in [0.3, 0.4) is 0 Å². The number of halogens is 1. The van der Waals surface area contributed by atoms with E-state index < -0.39 is 0 Å². The fraction of sp³-hybridized carbons (Fsp3) is 0.467. The Labute approximate surface area is 123 Å². The molecule has 0 aliphatic carbocycles. The van der Waals surface area contributed by atoms with Gasteiger partial charge in [0.1, 0.15) is 5.82 Å². The monoisotopic (exact) mass is 294 g/mol. The molecule has 0 atom stereocenters. The van der Waals surface area contributed by atoms with E-state index in [-0.39, 0.29) is 17.6 Å². The first-order valence-electron chi connectivity index (χ1n) is 7.11. The van der Waals surface area contributed by atoms with Gasteiger partial charge in [-0.2, -0.15) is 0 Å². The highest BCUT2D eigenvalue weighted by molar-refractivity contribution is 5.91. The Hall–Kier alpha value is -1.95. The SMILES string of the molecule is CC(=O)N1CC[NH+](CC(=O)Nc2ccc(C)c(F)c2)CC1. The van der Waals surface area contributed by atoms with Gasteiger partial charge in [0, 0.05) is 12.6 Å². The minimum atomic E-state index is -0.324. The highest BCUT2D eigenvalue weighted by Crippen LogP contribution is 2.13. The van der Waals surface area contributed by atoms with Crippen molar-refractivity contribution in [1.82, 2.24) is 4.90 Å². The predicted octanol–water partition coefficient (Wildman–Crippen LogP) is -0.180. The molecule has 1 aliphatic rings. The number of hydrogen-bond acceptors (Lipinski definition) is 2. The summed E-state index contributed by atoms with van der Waals surface area (Å²) >= 11 is 0. The molecule has 1 aliphatic heterocycles. The van der Waals surface area contributed by atoms with Gasteiger partial charge in [0.15, 0.2) is 6.54 Å². The van der Waals surface area contributed by atoms with Crippen molar-refractivity contribution in [2.24, 2.45) is 0 Å². The number of hydrogen-bond donors (Lipinski definition) is 2. The summed E-state index contributed by atoms with van der Waals surface area (Å²) in [5, 5.41) is 2.71. The highest BCUT2D eigenvalue weighted by atomic mass is 19.1. The molecule has 21 heavy (non-hydrogen) atoms. The Morgan fingerprint density at radius 3 is 2.57 bits per heavy atom. The first-order valence-corrected chi connectivity index (χ1v) is 7.11. The first kappa shape index (κ1) is 15.4. The molecule has 5 nitrogen and oxygen atoms in total. The largest absolute Gasteiger partial charge is 0.332 e. The summed E-state index contributed by atoms with van der Waals surface area (Å²) in [4.78, 5) is 26.1. The Bertz CT molecular complexity index is 540. The Kier molecular flexibility index (Phi) is 4.90. The van der Waals surface area contributed by atoms with Gasteiger partial charge in [-0.3, -0.25) is 9.59 Å². The molecular formula is C15H21FN3O2+. The summed E-state index contributed by atoms with van der Waals surface area (Å²) in [6, 6.07) is 4.67. The van der Waals surface area contributed by atoms with Crippen LogP contribution in [0.25, 0.3) is 0 Å². The van der Waals surface area contributed by atoms with Crippen molar-refractivity contribution in [3.63, 3.8) is 0 Å². The summed E-state index contributed by atoms with van der Waals surface area (Å²) < 4.78 is 13.4. The molecule has 1 heterocycles. The standard InChI is InChI=1S/C15H20FN3O2/c1-11-3-4-13(9-14(11)16)17-15(21)10-18-5-7-19(8-6-18)12(2)20/h3-4,9H,5-8,10H2,1-2H3,(H,17,21)/p+1. The van der Waals surface area contributed by atoms with Crippen molar-refractivity contribution in [2.45, 2.75) is 13.8 Å². The van der Waals surface area contributed by atoms with Gasteiger partial charge in [0.05, 0.1) is 26.2 Å². The number of benzene rings is 1. The molecule has 0 aromatic heterocycles. The average molecular weight is 294 g/mol. The molecule has 1 fully saturated rings. The van der Waals surface area contributed by atoms with E-state index >= 15 is 0 Å². The number of carbonyl (C=O) groups excluding carboxylic acids is 2. The molecule has 114 valence electrons. The van der Waals surface area contributed by atoms with Gasteiger partial charge in [-0.15, -0.1) is 0 Å². The number of carbonyl (C=O) groups is 2. The number of rotatable bonds is 3. The smallest absolute Gasteiger partial charge is 0.279 e. The molecule has 0 saturated carbocycles. The number of nitrogens with one attached hydrogen (secondary N) is 2. The zero-order valence-electron chi connectivity index (χ0n) is 12.4. The van der Waals surface area contributed by atoms with E-state index in [1.165, 1.54) is 6.07 Å². The number of quaternary nitrogens is 1. The minimum absolute atomic E-state index is 0.0774. The van der Waals surface area contributed by atoms with Crippen LogP contribution in [-0.4, -0.2) is 49.4 Å². The molecule has 1 aromatic rings. The molecular weight excluding hydrogens is 273 g/mol. The second-order valence-electron chi connectivity index (χ2n) is 5.44. The lowest BCUT2D eigenvalue weighted by Gasteiger charge is -2.31. The average Bonchev–Trinajstić information content (AvgIpc) is 2.43. The van der Waals surface area contributed by atoms with E-state index in [2.05, 4.69) is 5.32 Å².